The zero-order chi connectivity index (χ0) is 24.2. The van der Waals surface area contributed by atoms with Gasteiger partial charge in [0.05, 0.1) is 6.33 Å². The van der Waals surface area contributed by atoms with Crippen molar-refractivity contribution in [2.45, 2.75) is 38.0 Å². The molecule has 1 fully saturated rings. The van der Waals surface area contributed by atoms with Gasteiger partial charge in [-0.3, -0.25) is 9.36 Å². The fourth-order valence-electron chi connectivity index (χ4n) is 3.51. The van der Waals surface area contributed by atoms with E-state index in [1.165, 1.54) is 17.2 Å². The smallest absolute Gasteiger partial charge is 0.407 e. The molecule has 3 aromatic rings. The summed E-state index contributed by atoms with van der Waals surface area (Å²) in [4.78, 5) is 34.9. The molecule has 0 saturated carbocycles. The number of nitrogens with one attached hydrogen (secondary N) is 2. The number of fused-ring (bicyclic) bond motifs is 1. The van der Waals surface area contributed by atoms with Crippen LogP contribution in [0.25, 0.3) is 11.2 Å². The quantitative estimate of drug-likeness (QED) is 0.302. The van der Waals surface area contributed by atoms with Gasteiger partial charge in [-0.1, -0.05) is 29.8 Å². The number of carbonyl (C=O) groups excluding carboxylic acids is 1. The maximum atomic E-state index is 11.6. The molecule has 0 aliphatic carbocycles. The highest BCUT2D eigenvalue weighted by Crippen LogP contribution is 2.32. The van der Waals surface area contributed by atoms with Gasteiger partial charge in [0.2, 0.25) is 0 Å². The molecule has 0 spiro atoms. The normalized spacial score (nSPS) is 22.0. The minimum Gasteiger partial charge on any atom is -0.480 e. The molecule has 4 atom stereocenters. The molecule has 1 saturated heterocycles. The van der Waals surface area contributed by atoms with E-state index in [9.17, 15) is 19.8 Å². The van der Waals surface area contributed by atoms with E-state index in [2.05, 4.69) is 20.3 Å². The Morgan fingerprint density at radius 1 is 1.15 bits per heavy atom. The molecule has 0 bridgehead atoms. The van der Waals surface area contributed by atoms with Crippen LogP contribution in [0, 0.1) is 6.92 Å². The van der Waals surface area contributed by atoms with Crippen LogP contribution in [0.5, 0.6) is 0 Å². The number of rotatable bonds is 8. The number of benzene rings is 1. The second kappa shape index (κ2) is 9.99. The molecule has 4 rings (SSSR count). The standard InChI is InChI=1S/C21H24N6O7/c1-11-2-4-12(5-3-11)6-22-18-15-19(25-9-24-18)27(10-26-15)20-17(31)16(30)13(34-20)8-33-21(32)23-7-14(28)29/h2-5,9-10,13,16-17,20,30-31H,6-8H2,1H3,(H,23,32)(H,28,29)(H,22,24,25)/t13-,16+,17?,20-/m1/s1. The number of aliphatic hydroxyl groups excluding tert-OH is 2. The number of aliphatic hydroxyl groups is 2. The van der Waals surface area contributed by atoms with Gasteiger partial charge in [-0.2, -0.15) is 0 Å². The fourth-order valence-corrected chi connectivity index (χ4v) is 3.51. The summed E-state index contributed by atoms with van der Waals surface area (Å²) in [5, 5.41) is 34.7. The van der Waals surface area contributed by atoms with Crippen molar-refractivity contribution in [2.75, 3.05) is 18.5 Å². The van der Waals surface area contributed by atoms with Crippen LogP contribution in [0.1, 0.15) is 17.4 Å². The van der Waals surface area contributed by atoms with Gasteiger partial charge >= 0.3 is 12.1 Å². The molecule has 0 radical (unpaired) electrons. The summed E-state index contributed by atoms with van der Waals surface area (Å²) in [5.41, 5.74) is 3.05. The van der Waals surface area contributed by atoms with E-state index in [0.29, 0.717) is 23.5 Å². The molecular weight excluding hydrogens is 448 g/mol. The van der Waals surface area contributed by atoms with Crippen molar-refractivity contribution in [3.63, 3.8) is 0 Å². The van der Waals surface area contributed by atoms with Crippen molar-refractivity contribution in [3.8, 4) is 0 Å². The monoisotopic (exact) mass is 472 g/mol. The average molecular weight is 472 g/mol. The number of nitrogens with zero attached hydrogens (tertiary/aromatic N) is 4. The van der Waals surface area contributed by atoms with Gasteiger partial charge in [0.15, 0.2) is 23.2 Å². The number of anilines is 1. The van der Waals surface area contributed by atoms with E-state index in [1.807, 2.05) is 36.5 Å². The zero-order valence-electron chi connectivity index (χ0n) is 18.2. The van der Waals surface area contributed by atoms with Crippen molar-refractivity contribution < 1.29 is 34.4 Å². The first-order valence-corrected chi connectivity index (χ1v) is 10.4. The Hall–Kier alpha value is -3.81. The Bertz CT molecular complexity index is 1170. The van der Waals surface area contributed by atoms with Gasteiger partial charge in [0.1, 0.15) is 37.8 Å². The lowest BCUT2D eigenvalue weighted by Gasteiger charge is -2.16. The lowest BCUT2D eigenvalue weighted by Crippen LogP contribution is -2.36. The third-order valence-corrected chi connectivity index (χ3v) is 5.31. The SMILES string of the molecule is Cc1ccc(CNc2ncnc3c2ncn3[C@@H]2O[C@H](COC(=O)NCC(=O)O)[C@H](O)C2O)cc1. The molecule has 2 aromatic heterocycles. The predicted octanol–water partition coefficient (Wildman–Crippen LogP) is 0.177. The van der Waals surface area contributed by atoms with Gasteiger partial charge < -0.3 is 35.4 Å². The topological polar surface area (TPSA) is 181 Å². The predicted molar refractivity (Wildman–Crippen MR) is 117 cm³/mol. The number of aryl methyl sites for hydroxylation is 1. The van der Waals surface area contributed by atoms with Crippen LogP contribution in [0.3, 0.4) is 0 Å². The number of alkyl carbamates (subject to hydrolysis) is 1. The number of carboxylic acids is 1. The lowest BCUT2D eigenvalue weighted by atomic mass is 10.1. The van der Waals surface area contributed by atoms with Gasteiger partial charge in [-0.25, -0.2) is 19.7 Å². The van der Waals surface area contributed by atoms with Crippen molar-refractivity contribution in [1.82, 2.24) is 24.8 Å². The third-order valence-electron chi connectivity index (χ3n) is 5.31. The maximum absolute atomic E-state index is 11.6. The molecule has 13 nitrogen and oxygen atoms in total. The fraction of sp³-hybridized carbons (Fsp3) is 0.381. The molecule has 180 valence electrons. The number of carbonyl (C=O) groups is 2. The zero-order valence-corrected chi connectivity index (χ0v) is 18.2. The largest absolute Gasteiger partial charge is 0.480 e. The Morgan fingerprint density at radius 2 is 1.91 bits per heavy atom. The summed E-state index contributed by atoms with van der Waals surface area (Å²) in [7, 11) is 0. The third kappa shape index (κ3) is 5.06. The molecule has 1 amide bonds. The molecule has 34 heavy (non-hydrogen) atoms. The van der Waals surface area contributed by atoms with E-state index >= 15 is 0 Å². The molecular formula is C21H24N6O7. The van der Waals surface area contributed by atoms with E-state index in [0.717, 1.165) is 11.1 Å². The van der Waals surface area contributed by atoms with Gasteiger partial charge in [-0.05, 0) is 12.5 Å². The van der Waals surface area contributed by atoms with Crippen molar-refractivity contribution in [1.29, 1.82) is 0 Å². The highest BCUT2D eigenvalue weighted by Gasteiger charge is 2.45. The van der Waals surface area contributed by atoms with Crippen LogP contribution < -0.4 is 10.6 Å². The Kier molecular flexibility index (Phi) is 6.86. The number of carboxylic acid groups (broad SMARTS) is 1. The van der Waals surface area contributed by atoms with Gasteiger partial charge in [-0.15, -0.1) is 0 Å². The van der Waals surface area contributed by atoms with Crippen LogP contribution >= 0.6 is 0 Å². The number of hydrogen-bond acceptors (Lipinski definition) is 10. The lowest BCUT2D eigenvalue weighted by molar-refractivity contribution is -0.135. The number of aliphatic carboxylic acids is 1. The summed E-state index contributed by atoms with van der Waals surface area (Å²) in [5.74, 6) is -0.737. The molecule has 3 heterocycles. The van der Waals surface area contributed by atoms with Crippen molar-refractivity contribution >= 4 is 29.0 Å². The molecule has 1 unspecified atom stereocenters. The van der Waals surface area contributed by atoms with E-state index in [4.69, 9.17) is 14.6 Å². The Morgan fingerprint density at radius 3 is 2.65 bits per heavy atom. The first kappa shape index (κ1) is 23.4. The minimum absolute atomic E-state index is 0.374. The number of aromatic nitrogens is 4. The summed E-state index contributed by atoms with van der Waals surface area (Å²) in [6, 6.07) is 8.05. The molecule has 5 N–H and O–H groups in total. The van der Waals surface area contributed by atoms with Crippen LogP contribution in [0.4, 0.5) is 10.6 Å². The minimum atomic E-state index is -1.37. The van der Waals surface area contributed by atoms with Crippen molar-refractivity contribution in [2.24, 2.45) is 0 Å². The summed E-state index contributed by atoms with van der Waals surface area (Å²) < 4.78 is 12.1. The highest BCUT2D eigenvalue weighted by molar-refractivity contribution is 5.82. The van der Waals surface area contributed by atoms with E-state index in [-0.39, 0.29) is 0 Å². The highest BCUT2D eigenvalue weighted by atomic mass is 16.6. The van der Waals surface area contributed by atoms with Crippen LogP contribution in [-0.4, -0.2) is 78.4 Å². The molecule has 1 aromatic carbocycles. The van der Waals surface area contributed by atoms with Gasteiger partial charge in [0.25, 0.3) is 0 Å². The first-order valence-electron chi connectivity index (χ1n) is 10.4. The van der Waals surface area contributed by atoms with E-state index in [1.54, 1.807) is 0 Å². The summed E-state index contributed by atoms with van der Waals surface area (Å²) in [6.45, 7) is 1.52. The number of ether oxygens (including phenoxy) is 2. The van der Waals surface area contributed by atoms with Gasteiger partial charge in [0, 0.05) is 6.54 Å². The molecule has 1 aliphatic rings. The Labute approximate surface area is 193 Å². The Balaban J connectivity index is 1.44. The van der Waals surface area contributed by atoms with Crippen LogP contribution in [0.15, 0.2) is 36.9 Å². The summed E-state index contributed by atoms with van der Waals surface area (Å²) in [6.07, 6.45) is -3.03. The van der Waals surface area contributed by atoms with Crippen LogP contribution in [-0.2, 0) is 20.8 Å². The average Bonchev–Trinajstić information content (AvgIpc) is 3.37. The molecule has 13 heteroatoms. The second-order valence-electron chi connectivity index (χ2n) is 7.78. The first-order chi connectivity index (χ1) is 16.3. The maximum Gasteiger partial charge on any atom is 0.407 e. The summed E-state index contributed by atoms with van der Waals surface area (Å²) >= 11 is 0. The van der Waals surface area contributed by atoms with E-state index < -0.39 is 49.8 Å². The second-order valence-corrected chi connectivity index (χ2v) is 7.78. The number of imidazole rings is 1. The van der Waals surface area contributed by atoms with Crippen LogP contribution in [0.2, 0.25) is 0 Å². The number of hydrogen-bond donors (Lipinski definition) is 5. The number of amides is 1. The molecule has 1 aliphatic heterocycles. The van der Waals surface area contributed by atoms with Crippen molar-refractivity contribution in [3.05, 3.63) is 48.0 Å².